The van der Waals surface area contributed by atoms with Crippen LogP contribution in [-0.2, 0) is 9.47 Å². The van der Waals surface area contributed by atoms with Crippen molar-refractivity contribution < 1.29 is 18.7 Å². The summed E-state index contributed by atoms with van der Waals surface area (Å²) in [6, 6.07) is 5.60. The molecule has 2 saturated heterocycles. The number of nitrogens with zero attached hydrogens (tertiary/aromatic N) is 4. The molecule has 0 amide bonds. The van der Waals surface area contributed by atoms with E-state index in [0.29, 0.717) is 15.6 Å². The molecule has 0 unspecified atom stereocenters. The fraction of sp³-hybridized carbons (Fsp3) is 0.440. The zero-order valence-corrected chi connectivity index (χ0v) is 21.7. The number of oxazole rings is 1. The lowest BCUT2D eigenvalue weighted by Crippen LogP contribution is -2.50. The number of carbonyl (C=O) groups is 1. The van der Waals surface area contributed by atoms with Crippen molar-refractivity contribution in [3.05, 3.63) is 47.6 Å². The molecule has 4 heterocycles. The first-order valence-electron chi connectivity index (χ1n) is 11.9. The summed E-state index contributed by atoms with van der Waals surface area (Å²) >= 11 is 8.06. The van der Waals surface area contributed by atoms with Gasteiger partial charge in [0.05, 0.1) is 42.3 Å². The Kier molecular flexibility index (Phi) is 7.21. The van der Waals surface area contributed by atoms with Gasteiger partial charge in [-0.05, 0) is 38.8 Å². The highest BCUT2D eigenvalue weighted by molar-refractivity contribution is 7.99. The number of hydrogen-bond acceptors (Lipinski definition) is 10. The summed E-state index contributed by atoms with van der Waals surface area (Å²) in [6.07, 6.45) is 6.90. The average Bonchev–Trinajstić information content (AvgIpc) is 3.48. The summed E-state index contributed by atoms with van der Waals surface area (Å²) in [4.78, 5) is 28.4. The standard InChI is InChI=1S/C25H28ClN5O4S/c1-3-33-24(32)17-13-34-23(30-17)16-5-4-6-18(21(16)26)36-20-12-28-19(11-29-20)31-9-7-25(8-10-31)14-35-15(2)22(25)27/h4-6,11-13,15,22H,3,7-10,14,27H2,1-2H3/t15-,22+/m0/s1. The second-order valence-corrected chi connectivity index (χ2v) is 10.5. The number of aromatic nitrogens is 3. The van der Waals surface area contributed by atoms with Crippen molar-refractivity contribution in [1.29, 1.82) is 0 Å². The van der Waals surface area contributed by atoms with E-state index in [9.17, 15) is 4.79 Å². The highest BCUT2D eigenvalue weighted by Crippen LogP contribution is 2.42. The first kappa shape index (κ1) is 25.0. The molecule has 2 atom stereocenters. The van der Waals surface area contributed by atoms with Crippen molar-refractivity contribution in [3.8, 4) is 11.5 Å². The zero-order valence-electron chi connectivity index (χ0n) is 20.1. The van der Waals surface area contributed by atoms with Crippen molar-refractivity contribution in [1.82, 2.24) is 15.0 Å². The van der Waals surface area contributed by atoms with Gasteiger partial charge in [-0.2, -0.15) is 0 Å². The number of hydrogen-bond donors (Lipinski definition) is 1. The van der Waals surface area contributed by atoms with Gasteiger partial charge in [0, 0.05) is 29.4 Å². The quantitative estimate of drug-likeness (QED) is 0.459. The van der Waals surface area contributed by atoms with Crippen LogP contribution in [0.1, 0.15) is 37.2 Å². The lowest BCUT2D eigenvalue weighted by atomic mass is 9.73. The minimum absolute atomic E-state index is 0.0703. The summed E-state index contributed by atoms with van der Waals surface area (Å²) < 4.78 is 16.3. The number of anilines is 1. The van der Waals surface area contributed by atoms with E-state index in [4.69, 9.17) is 31.2 Å². The molecule has 1 aromatic carbocycles. The third-order valence-electron chi connectivity index (χ3n) is 6.94. The maximum atomic E-state index is 11.9. The fourth-order valence-electron chi connectivity index (χ4n) is 4.74. The molecule has 190 valence electrons. The highest BCUT2D eigenvalue weighted by Gasteiger charge is 2.47. The molecule has 2 aliphatic rings. The topological polar surface area (TPSA) is 117 Å². The third-order valence-corrected chi connectivity index (χ3v) is 8.44. The minimum Gasteiger partial charge on any atom is -0.461 e. The number of benzene rings is 1. The number of nitrogens with two attached hydrogens (primary N) is 1. The van der Waals surface area contributed by atoms with E-state index in [1.54, 1.807) is 25.4 Å². The van der Waals surface area contributed by atoms with Gasteiger partial charge in [0.1, 0.15) is 17.1 Å². The van der Waals surface area contributed by atoms with E-state index in [1.165, 1.54) is 18.0 Å². The molecule has 2 aromatic heterocycles. The van der Waals surface area contributed by atoms with Crippen LogP contribution >= 0.6 is 23.4 Å². The number of ether oxygens (including phenoxy) is 2. The molecule has 11 heteroatoms. The van der Waals surface area contributed by atoms with Gasteiger partial charge >= 0.3 is 5.97 Å². The van der Waals surface area contributed by atoms with Crippen LogP contribution in [0.3, 0.4) is 0 Å². The van der Waals surface area contributed by atoms with E-state index in [-0.39, 0.29) is 35.8 Å². The van der Waals surface area contributed by atoms with Crippen molar-refractivity contribution in [2.75, 3.05) is 31.2 Å². The van der Waals surface area contributed by atoms with Gasteiger partial charge in [0.2, 0.25) is 5.89 Å². The summed E-state index contributed by atoms with van der Waals surface area (Å²) in [6.45, 7) is 6.54. The second kappa shape index (κ2) is 10.4. The predicted molar refractivity (Wildman–Crippen MR) is 136 cm³/mol. The highest BCUT2D eigenvalue weighted by atomic mass is 35.5. The molecule has 36 heavy (non-hydrogen) atoms. The van der Waals surface area contributed by atoms with Gasteiger partial charge in [0.25, 0.3) is 0 Å². The number of carbonyl (C=O) groups excluding carboxylic acids is 1. The van der Waals surface area contributed by atoms with Gasteiger partial charge in [-0.1, -0.05) is 29.4 Å². The second-order valence-electron chi connectivity index (χ2n) is 9.08. The van der Waals surface area contributed by atoms with Crippen LogP contribution in [0.25, 0.3) is 11.5 Å². The largest absolute Gasteiger partial charge is 0.461 e. The maximum Gasteiger partial charge on any atom is 0.360 e. The predicted octanol–water partition coefficient (Wildman–Crippen LogP) is 4.45. The van der Waals surface area contributed by atoms with Crippen LogP contribution in [0.5, 0.6) is 0 Å². The van der Waals surface area contributed by atoms with Gasteiger partial charge in [-0.25, -0.2) is 19.7 Å². The Hall–Kier alpha value is -2.66. The lowest BCUT2D eigenvalue weighted by molar-refractivity contribution is 0.0519. The first-order chi connectivity index (χ1) is 17.4. The third kappa shape index (κ3) is 4.82. The number of esters is 1. The first-order valence-corrected chi connectivity index (χ1v) is 13.1. The molecule has 0 bridgehead atoms. The Balaban J connectivity index is 1.25. The number of halogens is 1. The van der Waals surface area contributed by atoms with E-state index < -0.39 is 5.97 Å². The van der Waals surface area contributed by atoms with Crippen LogP contribution in [0.15, 0.2) is 51.2 Å². The molecule has 9 nitrogen and oxygen atoms in total. The minimum atomic E-state index is -0.539. The Morgan fingerprint density at radius 1 is 1.31 bits per heavy atom. The molecule has 0 aliphatic carbocycles. The summed E-state index contributed by atoms with van der Waals surface area (Å²) in [7, 11) is 0. The summed E-state index contributed by atoms with van der Waals surface area (Å²) in [5, 5.41) is 1.17. The zero-order chi connectivity index (χ0) is 25.3. The van der Waals surface area contributed by atoms with Crippen LogP contribution in [0.4, 0.5) is 5.82 Å². The van der Waals surface area contributed by atoms with Crippen LogP contribution in [-0.4, -0.2) is 59.4 Å². The molecule has 2 N–H and O–H groups in total. The van der Waals surface area contributed by atoms with E-state index in [0.717, 1.165) is 43.3 Å². The Morgan fingerprint density at radius 3 is 2.78 bits per heavy atom. The van der Waals surface area contributed by atoms with E-state index in [1.807, 2.05) is 12.1 Å². The van der Waals surface area contributed by atoms with Crippen molar-refractivity contribution in [2.45, 2.75) is 48.8 Å². The molecule has 2 fully saturated rings. The number of rotatable bonds is 6. The molecule has 5 rings (SSSR count). The normalized spacial score (nSPS) is 21.2. The van der Waals surface area contributed by atoms with Crippen molar-refractivity contribution >= 4 is 35.1 Å². The van der Waals surface area contributed by atoms with Crippen molar-refractivity contribution in [3.63, 3.8) is 0 Å². The summed E-state index contributed by atoms with van der Waals surface area (Å²) in [5.74, 6) is 0.555. The molecule has 1 spiro atoms. The number of piperidine rings is 1. The Bertz CT molecular complexity index is 1230. The fourth-order valence-corrected chi connectivity index (χ4v) is 5.85. The van der Waals surface area contributed by atoms with Crippen LogP contribution in [0.2, 0.25) is 5.02 Å². The molecule has 0 radical (unpaired) electrons. The molecule has 0 saturated carbocycles. The molecule has 2 aliphatic heterocycles. The SMILES string of the molecule is CCOC(=O)c1coc(-c2cccc(Sc3cnc(N4CCC5(CC4)CO[C@@H](C)[C@H]5N)cn3)c2Cl)n1. The Labute approximate surface area is 218 Å². The van der Waals surface area contributed by atoms with Crippen molar-refractivity contribution in [2.24, 2.45) is 11.1 Å². The molecular formula is C25H28ClN5O4S. The van der Waals surface area contributed by atoms with Gasteiger partial charge in [-0.3, -0.25) is 0 Å². The molecule has 3 aromatic rings. The van der Waals surface area contributed by atoms with Gasteiger partial charge in [-0.15, -0.1) is 0 Å². The van der Waals surface area contributed by atoms with E-state index >= 15 is 0 Å². The Morgan fingerprint density at radius 2 is 2.11 bits per heavy atom. The molecular weight excluding hydrogens is 502 g/mol. The van der Waals surface area contributed by atoms with Gasteiger partial charge < -0.3 is 24.5 Å². The maximum absolute atomic E-state index is 11.9. The van der Waals surface area contributed by atoms with Gasteiger partial charge in [0.15, 0.2) is 5.69 Å². The monoisotopic (exact) mass is 529 g/mol. The lowest BCUT2D eigenvalue weighted by Gasteiger charge is -2.41. The van der Waals surface area contributed by atoms with Crippen LogP contribution in [0, 0.1) is 5.41 Å². The van der Waals surface area contributed by atoms with E-state index in [2.05, 4.69) is 26.8 Å². The average molecular weight is 530 g/mol. The summed E-state index contributed by atoms with van der Waals surface area (Å²) in [5.41, 5.74) is 7.18. The smallest absolute Gasteiger partial charge is 0.360 e. The van der Waals surface area contributed by atoms with Crippen LogP contribution < -0.4 is 10.6 Å².